The minimum atomic E-state index is -3.49. The van der Waals surface area contributed by atoms with E-state index in [9.17, 15) is 13.2 Å². The second-order valence-electron chi connectivity index (χ2n) is 5.64. The molecule has 0 aliphatic rings. The predicted molar refractivity (Wildman–Crippen MR) is 95.0 cm³/mol. The molecule has 8 nitrogen and oxygen atoms in total. The lowest BCUT2D eigenvalue weighted by atomic mass is 10.1. The molecule has 9 heteroatoms. The Morgan fingerprint density at radius 3 is 2.56 bits per heavy atom. The van der Waals surface area contributed by atoms with Gasteiger partial charge in [0.05, 0.1) is 24.7 Å². The van der Waals surface area contributed by atoms with Gasteiger partial charge in [0, 0.05) is 31.2 Å². The van der Waals surface area contributed by atoms with E-state index >= 15 is 0 Å². The van der Waals surface area contributed by atoms with E-state index in [1.807, 2.05) is 6.07 Å². The maximum Gasteiger partial charge on any atom is 0.229 e. The van der Waals surface area contributed by atoms with E-state index in [1.54, 1.807) is 31.1 Å². The molecule has 0 amide bonds. The summed E-state index contributed by atoms with van der Waals surface area (Å²) in [6.07, 6.45) is 2.47. The van der Waals surface area contributed by atoms with Gasteiger partial charge in [-0.15, -0.1) is 0 Å². The fourth-order valence-corrected chi connectivity index (χ4v) is 2.83. The largest absolute Gasteiger partial charge is 0.495 e. The summed E-state index contributed by atoms with van der Waals surface area (Å²) < 4.78 is 30.5. The number of sulfonamides is 1. The minimum absolute atomic E-state index is 0.0157. The molecular formula is C16H18N4O4S. The average molecular weight is 362 g/mol. The summed E-state index contributed by atoms with van der Waals surface area (Å²) in [7, 11) is 1.35. The van der Waals surface area contributed by atoms with Crippen LogP contribution in [-0.4, -0.2) is 51.5 Å². The molecular weight excluding hydrogens is 344 g/mol. The first-order valence-electron chi connectivity index (χ1n) is 7.16. The van der Waals surface area contributed by atoms with Crippen molar-refractivity contribution in [2.24, 2.45) is 0 Å². The lowest BCUT2D eigenvalue weighted by Crippen LogP contribution is -2.10. The quantitative estimate of drug-likeness (QED) is 0.459. The molecule has 0 fully saturated rings. The predicted octanol–water partition coefficient (Wildman–Crippen LogP) is 1.70. The highest BCUT2D eigenvalue weighted by Gasteiger charge is 2.17. The van der Waals surface area contributed by atoms with Crippen LogP contribution in [0, 0.1) is 11.3 Å². The highest BCUT2D eigenvalue weighted by molar-refractivity contribution is 7.92. The van der Waals surface area contributed by atoms with E-state index in [0.717, 1.165) is 6.26 Å². The summed E-state index contributed by atoms with van der Waals surface area (Å²) in [5.41, 5.74) is 1.00. The molecule has 1 aromatic carbocycles. The molecule has 0 atom stereocenters. The number of hydrogen-bond acceptors (Lipinski definition) is 6. The summed E-state index contributed by atoms with van der Waals surface area (Å²) >= 11 is 0. The maximum absolute atomic E-state index is 12.5. The van der Waals surface area contributed by atoms with Crippen LogP contribution in [0.25, 0.3) is 10.9 Å². The summed E-state index contributed by atoms with van der Waals surface area (Å²) in [6, 6.07) is 6.61. The third-order valence-corrected chi connectivity index (χ3v) is 3.82. The fraction of sp³-hybridized carbons (Fsp3) is 0.250. The van der Waals surface area contributed by atoms with Crippen molar-refractivity contribution >= 4 is 32.4 Å². The van der Waals surface area contributed by atoms with Crippen LogP contribution in [0.5, 0.6) is 5.75 Å². The van der Waals surface area contributed by atoms with Gasteiger partial charge in [0.25, 0.3) is 0 Å². The number of carbonyl (C=O) groups is 1. The van der Waals surface area contributed by atoms with Crippen LogP contribution in [0.4, 0.5) is 5.69 Å². The topological polar surface area (TPSA) is 115 Å². The lowest BCUT2D eigenvalue weighted by molar-refractivity contribution is 0.103. The van der Waals surface area contributed by atoms with Crippen molar-refractivity contribution < 1.29 is 17.9 Å². The summed E-state index contributed by atoms with van der Waals surface area (Å²) in [6.45, 7) is 0. The van der Waals surface area contributed by atoms with E-state index in [4.69, 9.17) is 10.00 Å². The standard InChI is InChI=1S/C16H18N4O4S/c1-20(2)9-11(8-17)16(21)14-5-10-6-15(24-3)13(7-12(10)18-14)19-25(4,22)23/h5-7,9,18-19H,1-4H3/b11-9+. The Morgan fingerprint density at radius 2 is 2.04 bits per heavy atom. The number of ketones is 1. The zero-order valence-electron chi connectivity index (χ0n) is 14.2. The molecule has 0 saturated carbocycles. The number of rotatable bonds is 6. The highest BCUT2D eigenvalue weighted by Crippen LogP contribution is 2.31. The summed E-state index contributed by atoms with van der Waals surface area (Å²) in [5.74, 6) is -0.135. The van der Waals surface area contributed by atoms with Crippen molar-refractivity contribution in [3.05, 3.63) is 35.7 Å². The molecule has 1 heterocycles. The van der Waals surface area contributed by atoms with Crippen LogP contribution >= 0.6 is 0 Å². The van der Waals surface area contributed by atoms with Gasteiger partial charge >= 0.3 is 0 Å². The third kappa shape index (κ3) is 4.30. The van der Waals surface area contributed by atoms with Gasteiger partial charge in [0.2, 0.25) is 15.8 Å². The Kier molecular flexibility index (Phi) is 5.04. The van der Waals surface area contributed by atoms with Crippen molar-refractivity contribution in [1.82, 2.24) is 9.88 Å². The first-order valence-corrected chi connectivity index (χ1v) is 9.05. The number of methoxy groups -OCH3 is 1. The fourth-order valence-electron chi connectivity index (χ4n) is 2.27. The number of nitriles is 1. The number of anilines is 1. The van der Waals surface area contributed by atoms with Crippen LogP contribution in [0.1, 0.15) is 10.5 Å². The minimum Gasteiger partial charge on any atom is -0.495 e. The van der Waals surface area contributed by atoms with E-state index in [1.165, 1.54) is 19.4 Å². The van der Waals surface area contributed by atoms with Gasteiger partial charge in [0.15, 0.2) is 0 Å². The molecule has 0 bridgehead atoms. The molecule has 0 aliphatic carbocycles. The Labute approximate surface area is 145 Å². The number of aromatic nitrogens is 1. The molecule has 2 rings (SSSR count). The Hall–Kier alpha value is -2.99. The average Bonchev–Trinajstić information content (AvgIpc) is 2.92. The van der Waals surface area contributed by atoms with Crippen LogP contribution in [-0.2, 0) is 10.0 Å². The number of benzene rings is 1. The Bertz CT molecular complexity index is 997. The molecule has 0 aliphatic heterocycles. The smallest absolute Gasteiger partial charge is 0.229 e. The monoisotopic (exact) mass is 362 g/mol. The molecule has 25 heavy (non-hydrogen) atoms. The van der Waals surface area contributed by atoms with Crippen molar-refractivity contribution in [3.63, 3.8) is 0 Å². The van der Waals surface area contributed by atoms with Crippen molar-refractivity contribution in [2.75, 3.05) is 32.2 Å². The third-order valence-electron chi connectivity index (χ3n) is 3.23. The summed E-state index contributed by atoms with van der Waals surface area (Å²) in [5, 5.41) is 9.81. The molecule has 0 radical (unpaired) electrons. The van der Waals surface area contributed by atoms with Crippen molar-refractivity contribution in [2.45, 2.75) is 0 Å². The number of Topliss-reactive ketones (excluding diaryl/α,β-unsaturated/α-hetero) is 1. The van der Waals surface area contributed by atoms with Crippen LogP contribution in [0.15, 0.2) is 30.0 Å². The van der Waals surface area contributed by atoms with Crippen molar-refractivity contribution in [1.29, 1.82) is 5.26 Å². The van der Waals surface area contributed by atoms with Gasteiger partial charge in [-0.25, -0.2) is 8.42 Å². The van der Waals surface area contributed by atoms with Crippen LogP contribution < -0.4 is 9.46 Å². The number of aromatic amines is 1. The van der Waals surface area contributed by atoms with Crippen LogP contribution in [0.3, 0.4) is 0 Å². The van der Waals surface area contributed by atoms with Gasteiger partial charge in [-0.2, -0.15) is 5.26 Å². The number of hydrogen-bond donors (Lipinski definition) is 2. The molecule has 1 aromatic heterocycles. The normalized spacial score (nSPS) is 11.9. The number of carbonyl (C=O) groups excluding carboxylic acids is 1. The SMILES string of the molecule is COc1cc2cc(C(=O)/C(C#N)=C/N(C)C)[nH]c2cc1NS(C)(=O)=O. The lowest BCUT2D eigenvalue weighted by Gasteiger charge is -2.09. The van der Waals surface area contributed by atoms with E-state index in [-0.39, 0.29) is 17.0 Å². The first-order chi connectivity index (χ1) is 11.6. The number of nitrogens with zero attached hydrogens (tertiary/aromatic N) is 2. The first kappa shape index (κ1) is 18.4. The highest BCUT2D eigenvalue weighted by atomic mass is 32.2. The van der Waals surface area contributed by atoms with E-state index in [0.29, 0.717) is 16.7 Å². The van der Waals surface area contributed by atoms with E-state index in [2.05, 4.69) is 9.71 Å². The number of nitrogens with one attached hydrogen (secondary N) is 2. The molecule has 2 N–H and O–H groups in total. The number of ether oxygens (including phenoxy) is 1. The maximum atomic E-state index is 12.5. The van der Waals surface area contributed by atoms with Gasteiger partial charge < -0.3 is 14.6 Å². The van der Waals surface area contributed by atoms with Gasteiger partial charge in [-0.05, 0) is 18.2 Å². The Morgan fingerprint density at radius 1 is 1.36 bits per heavy atom. The Balaban J connectivity index is 2.53. The molecule has 0 spiro atoms. The number of allylic oxidation sites excluding steroid dienone is 1. The number of H-pyrrole nitrogens is 1. The van der Waals surface area contributed by atoms with Gasteiger partial charge in [-0.1, -0.05) is 0 Å². The van der Waals surface area contributed by atoms with Crippen molar-refractivity contribution in [3.8, 4) is 11.8 Å². The molecule has 0 unspecified atom stereocenters. The summed E-state index contributed by atoms with van der Waals surface area (Å²) in [4.78, 5) is 17.0. The zero-order valence-corrected chi connectivity index (χ0v) is 15.1. The molecule has 2 aromatic rings. The zero-order chi connectivity index (χ0) is 18.8. The van der Waals surface area contributed by atoms with Gasteiger partial charge in [0.1, 0.15) is 17.4 Å². The molecule has 0 saturated heterocycles. The van der Waals surface area contributed by atoms with E-state index < -0.39 is 15.8 Å². The van der Waals surface area contributed by atoms with Gasteiger partial charge in [-0.3, -0.25) is 9.52 Å². The number of fused-ring (bicyclic) bond motifs is 1. The molecule has 132 valence electrons. The second kappa shape index (κ2) is 6.86. The second-order valence-corrected chi connectivity index (χ2v) is 7.39. The van der Waals surface area contributed by atoms with Crippen LogP contribution in [0.2, 0.25) is 0 Å².